The number of aromatic nitrogens is 4. The highest BCUT2D eigenvalue weighted by atomic mass is 35.5. The molecule has 14 heteroatoms. The third kappa shape index (κ3) is 5.21. The van der Waals surface area contributed by atoms with Crippen molar-refractivity contribution in [2.75, 3.05) is 30.4 Å². The fourth-order valence-electron chi connectivity index (χ4n) is 4.82. The Hall–Kier alpha value is -3.74. The standard InChI is InChI=1S/C26H24ClF5N6O2/c1-13-10-15(14(2)33-17-4-5-19(27)35-21(17)23(39)40-3)20-16(11-13)22-34-18(26(30,31)32)12-38(22)24(36-20)37-8-6-25(28,29)7-9-37/h4-5,10-12,14,33H,6-9H2,1-3H3/t14-/m1/s1. The van der Waals surface area contributed by atoms with E-state index >= 15 is 0 Å². The van der Waals surface area contributed by atoms with Crippen LogP contribution in [0.4, 0.5) is 33.6 Å². The fraction of sp³-hybridized carbons (Fsp3) is 0.385. The first-order valence-corrected chi connectivity index (χ1v) is 12.7. The number of carbonyl (C=O) groups is 1. The highest BCUT2D eigenvalue weighted by molar-refractivity contribution is 6.29. The lowest BCUT2D eigenvalue weighted by Gasteiger charge is -2.33. The maximum Gasteiger partial charge on any atom is 0.434 e. The van der Waals surface area contributed by atoms with Gasteiger partial charge in [0.15, 0.2) is 11.4 Å². The van der Waals surface area contributed by atoms with E-state index in [1.165, 1.54) is 17.6 Å². The fourth-order valence-corrected chi connectivity index (χ4v) is 4.96. The first-order chi connectivity index (χ1) is 18.8. The van der Waals surface area contributed by atoms with Gasteiger partial charge in [0, 0.05) is 43.1 Å². The van der Waals surface area contributed by atoms with Crippen LogP contribution < -0.4 is 10.2 Å². The molecule has 1 fully saturated rings. The molecule has 5 rings (SSSR count). The van der Waals surface area contributed by atoms with E-state index in [1.807, 2.05) is 6.07 Å². The molecule has 0 radical (unpaired) electrons. The summed E-state index contributed by atoms with van der Waals surface area (Å²) in [5, 5.41) is 3.63. The van der Waals surface area contributed by atoms with Crippen molar-refractivity contribution < 1.29 is 31.5 Å². The summed E-state index contributed by atoms with van der Waals surface area (Å²) in [5.41, 5.74) is 0.809. The van der Waals surface area contributed by atoms with Crippen molar-refractivity contribution in [3.05, 3.63) is 58.1 Å². The van der Waals surface area contributed by atoms with Gasteiger partial charge in [0.25, 0.3) is 5.92 Å². The van der Waals surface area contributed by atoms with Gasteiger partial charge < -0.3 is 15.0 Å². The van der Waals surface area contributed by atoms with Crippen molar-refractivity contribution in [1.82, 2.24) is 19.4 Å². The van der Waals surface area contributed by atoms with Gasteiger partial charge in [-0.15, -0.1) is 0 Å². The molecule has 212 valence electrons. The molecule has 0 bridgehead atoms. The normalized spacial score (nSPS) is 16.4. The maximum absolute atomic E-state index is 13.9. The number of anilines is 2. The van der Waals surface area contributed by atoms with Crippen LogP contribution in [0.5, 0.6) is 0 Å². The van der Waals surface area contributed by atoms with Gasteiger partial charge in [0.1, 0.15) is 10.8 Å². The van der Waals surface area contributed by atoms with Gasteiger partial charge in [-0.05, 0) is 37.6 Å². The topological polar surface area (TPSA) is 84.6 Å². The number of alkyl halides is 5. The molecule has 0 unspecified atom stereocenters. The van der Waals surface area contributed by atoms with Gasteiger partial charge >= 0.3 is 12.1 Å². The number of ether oxygens (including phenoxy) is 1. The SMILES string of the molecule is COC(=O)c1nc(Cl)ccc1N[C@H](C)c1cc(C)cc2c1nc(N1CCC(F)(F)CC1)n1cc(C(F)(F)F)nc21. The second-order valence-electron chi connectivity index (χ2n) is 9.71. The number of benzene rings is 1. The number of methoxy groups -OCH3 is 1. The van der Waals surface area contributed by atoms with Crippen LogP contribution in [-0.2, 0) is 10.9 Å². The molecule has 8 nitrogen and oxygen atoms in total. The van der Waals surface area contributed by atoms with Gasteiger partial charge in [-0.2, -0.15) is 13.2 Å². The first kappa shape index (κ1) is 27.8. The van der Waals surface area contributed by atoms with E-state index in [0.717, 1.165) is 11.8 Å². The molecule has 40 heavy (non-hydrogen) atoms. The van der Waals surface area contributed by atoms with Crippen molar-refractivity contribution in [3.8, 4) is 0 Å². The van der Waals surface area contributed by atoms with Crippen molar-refractivity contribution in [1.29, 1.82) is 0 Å². The van der Waals surface area contributed by atoms with Crippen LogP contribution in [-0.4, -0.2) is 51.4 Å². The molecular formula is C26H24ClF5N6O2. The molecule has 1 N–H and O–H groups in total. The highest BCUT2D eigenvalue weighted by Gasteiger charge is 2.38. The summed E-state index contributed by atoms with van der Waals surface area (Å²) >= 11 is 5.97. The zero-order chi connectivity index (χ0) is 29.0. The predicted molar refractivity (Wildman–Crippen MR) is 139 cm³/mol. The predicted octanol–water partition coefficient (Wildman–Crippen LogP) is 6.45. The Morgan fingerprint density at radius 1 is 1.15 bits per heavy atom. The molecule has 0 aliphatic carbocycles. The average molecular weight is 583 g/mol. The molecular weight excluding hydrogens is 559 g/mol. The molecule has 4 heterocycles. The van der Waals surface area contributed by atoms with Crippen LogP contribution in [0.15, 0.2) is 30.5 Å². The van der Waals surface area contributed by atoms with Crippen LogP contribution in [0.1, 0.15) is 53.1 Å². The lowest BCUT2D eigenvalue weighted by molar-refractivity contribution is -0.140. The van der Waals surface area contributed by atoms with Crippen molar-refractivity contribution in [3.63, 3.8) is 0 Å². The number of piperidine rings is 1. The molecule has 1 aliphatic rings. The van der Waals surface area contributed by atoms with E-state index < -0.39 is 42.6 Å². The number of rotatable bonds is 5. The summed E-state index contributed by atoms with van der Waals surface area (Å²) in [6.07, 6.45) is -4.78. The van der Waals surface area contributed by atoms with Crippen molar-refractivity contribution in [2.45, 2.75) is 44.8 Å². The number of aryl methyl sites for hydroxylation is 1. The van der Waals surface area contributed by atoms with E-state index in [9.17, 15) is 26.7 Å². The summed E-state index contributed by atoms with van der Waals surface area (Å²) in [5.74, 6) is -3.49. The number of esters is 1. The van der Waals surface area contributed by atoms with E-state index in [4.69, 9.17) is 21.3 Å². The van der Waals surface area contributed by atoms with E-state index in [-0.39, 0.29) is 35.5 Å². The largest absolute Gasteiger partial charge is 0.464 e. The number of hydrogen-bond acceptors (Lipinski definition) is 7. The number of nitrogens with zero attached hydrogens (tertiary/aromatic N) is 5. The number of fused-ring (bicyclic) bond motifs is 3. The first-order valence-electron chi connectivity index (χ1n) is 12.3. The summed E-state index contributed by atoms with van der Waals surface area (Å²) in [7, 11) is 1.21. The summed E-state index contributed by atoms with van der Waals surface area (Å²) < 4.78 is 75.0. The molecule has 3 aromatic heterocycles. The van der Waals surface area contributed by atoms with Gasteiger partial charge in [0.05, 0.1) is 24.4 Å². The molecule has 1 atom stereocenters. The Morgan fingerprint density at radius 2 is 1.85 bits per heavy atom. The van der Waals surface area contributed by atoms with E-state index in [0.29, 0.717) is 22.2 Å². The zero-order valence-corrected chi connectivity index (χ0v) is 22.4. The second-order valence-corrected chi connectivity index (χ2v) is 10.1. The summed E-state index contributed by atoms with van der Waals surface area (Å²) in [4.78, 5) is 26.5. The van der Waals surface area contributed by atoms with E-state index in [1.54, 1.807) is 30.9 Å². The van der Waals surface area contributed by atoms with Gasteiger partial charge in [-0.1, -0.05) is 17.7 Å². The molecule has 1 aliphatic heterocycles. The Labute approximate surface area is 230 Å². The lowest BCUT2D eigenvalue weighted by atomic mass is 10.0. The second kappa shape index (κ2) is 10.0. The van der Waals surface area contributed by atoms with Crippen LogP contribution in [0, 0.1) is 6.92 Å². The van der Waals surface area contributed by atoms with Crippen LogP contribution in [0.3, 0.4) is 0 Å². The molecule has 0 spiro atoms. The number of pyridine rings is 1. The lowest BCUT2D eigenvalue weighted by Crippen LogP contribution is -2.40. The quantitative estimate of drug-likeness (QED) is 0.164. The Morgan fingerprint density at radius 3 is 2.50 bits per heavy atom. The number of hydrogen-bond donors (Lipinski definition) is 1. The summed E-state index contributed by atoms with van der Waals surface area (Å²) in [6.45, 7) is 3.38. The van der Waals surface area contributed by atoms with Crippen LogP contribution in [0.2, 0.25) is 5.15 Å². The highest BCUT2D eigenvalue weighted by Crippen LogP contribution is 2.37. The summed E-state index contributed by atoms with van der Waals surface area (Å²) in [6, 6.07) is 6.00. The minimum atomic E-state index is -4.72. The van der Waals surface area contributed by atoms with Gasteiger partial charge in [-0.3, -0.25) is 4.40 Å². The van der Waals surface area contributed by atoms with Gasteiger partial charge in [0.2, 0.25) is 5.95 Å². The molecule has 4 aromatic rings. The maximum atomic E-state index is 13.9. The van der Waals surface area contributed by atoms with Crippen molar-refractivity contribution >= 4 is 45.8 Å². The molecule has 1 aromatic carbocycles. The average Bonchev–Trinajstić information content (AvgIpc) is 3.35. The van der Waals surface area contributed by atoms with Crippen molar-refractivity contribution in [2.24, 2.45) is 0 Å². The minimum Gasteiger partial charge on any atom is -0.464 e. The monoisotopic (exact) mass is 582 g/mol. The molecule has 1 saturated heterocycles. The third-order valence-electron chi connectivity index (χ3n) is 6.80. The zero-order valence-electron chi connectivity index (χ0n) is 21.6. The molecule has 0 amide bonds. The smallest absolute Gasteiger partial charge is 0.434 e. The Bertz CT molecular complexity index is 1610. The third-order valence-corrected chi connectivity index (χ3v) is 7.02. The number of halogens is 6. The Kier molecular flexibility index (Phi) is 6.97. The molecule has 0 saturated carbocycles. The Balaban J connectivity index is 1.68. The van der Waals surface area contributed by atoms with Crippen LogP contribution in [0.25, 0.3) is 16.6 Å². The number of carbonyl (C=O) groups excluding carboxylic acids is 1. The van der Waals surface area contributed by atoms with Gasteiger partial charge in [-0.25, -0.2) is 28.5 Å². The number of imidazole rings is 1. The van der Waals surface area contributed by atoms with Crippen LogP contribution >= 0.6 is 11.6 Å². The van der Waals surface area contributed by atoms with E-state index in [2.05, 4.69) is 15.3 Å². The number of nitrogens with one attached hydrogen (secondary N) is 1. The minimum absolute atomic E-state index is 0.00483.